The van der Waals surface area contributed by atoms with Gasteiger partial charge in [-0.1, -0.05) is 12.1 Å². The fraction of sp³-hybridized carbons (Fsp3) is 0.286. The molecule has 1 unspecified atom stereocenters. The summed E-state index contributed by atoms with van der Waals surface area (Å²) < 4.78 is 17.4. The fourth-order valence-corrected chi connectivity index (χ4v) is 1.33. The lowest BCUT2D eigenvalue weighted by Crippen LogP contribution is -2.38. The van der Waals surface area contributed by atoms with Gasteiger partial charge in [0.2, 0.25) is 5.91 Å². The molecule has 4 nitrogen and oxygen atoms in total. The number of hydrogen-bond acceptors (Lipinski definition) is 3. The summed E-state index contributed by atoms with van der Waals surface area (Å²) in [7, 11) is 0. The molecule has 1 N–H and O–H groups in total. The summed E-state index contributed by atoms with van der Waals surface area (Å²) in [5.74, 6) is -1.23. The minimum Gasteiger partial charge on any atom is -0.464 e. The first-order chi connectivity index (χ1) is 9.02. The van der Waals surface area contributed by atoms with Crippen molar-refractivity contribution < 1.29 is 18.7 Å². The smallest absolute Gasteiger partial charge is 0.328 e. The van der Waals surface area contributed by atoms with E-state index in [4.69, 9.17) is 4.74 Å². The van der Waals surface area contributed by atoms with Crippen molar-refractivity contribution in [3.63, 3.8) is 0 Å². The number of carbonyl (C=O) groups is 2. The van der Waals surface area contributed by atoms with Crippen LogP contribution in [0.4, 0.5) is 4.39 Å². The van der Waals surface area contributed by atoms with Crippen molar-refractivity contribution >= 4 is 18.0 Å². The average molecular weight is 265 g/mol. The molecule has 0 aliphatic rings. The van der Waals surface area contributed by atoms with Gasteiger partial charge in [0.1, 0.15) is 11.9 Å². The highest BCUT2D eigenvalue weighted by molar-refractivity contribution is 5.94. The Morgan fingerprint density at radius 1 is 1.37 bits per heavy atom. The normalized spacial score (nSPS) is 12.2. The van der Waals surface area contributed by atoms with E-state index in [2.05, 4.69) is 5.32 Å². The van der Waals surface area contributed by atoms with Crippen molar-refractivity contribution in [2.45, 2.75) is 19.9 Å². The summed E-state index contributed by atoms with van der Waals surface area (Å²) in [6.45, 7) is 3.51. The van der Waals surface area contributed by atoms with E-state index in [1.165, 1.54) is 24.3 Å². The van der Waals surface area contributed by atoms with Gasteiger partial charge in [-0.05, 0) is 37.6 Å². The summed E-state index contributed by atoms with van der Waals surface area (Å²) in [4.78, 5) is 22.8. The van der Waals surface area contributed by atoms with E-state index in [0.29, 0.717) is 5.56 Å². The summed E-state index contributed by atoms with van der Waals surface area (Å²) in [6.07, 6.45) is 2.82. The molecule has 0 aliphatic heterocycles. The first kappa shape index (κ1) is 14.9. The van der Waals surface area contributed by atoms with Crippen molar-refractivity contribution in [3.05, 3.63) is 41.7 Å². The maximum atomic E-state index is 12.7. The highest BCUT2D eigenvalue weighted by Crippen LogP contribution is 2.04. The number of benzene rings is 1. The van der Waals surface area contributed by atoms with Crippen LogP contribution in [0, 0.1) is 5.82 Å². The third-order valence-corrected chi connectivity index (χ3v) is 2.30. The predicted octanol–water partition coefficient (Wildman–Crippen LogP) is 1.91. The number of hydrogen-bond donors (Lipinski definition) is 1. The Kier molecular flexibility index (Phi) is 5.73. The van der Waals surface area contributed by atoms with Crippen LogP contribution in [-0.4, -0.2) is 24.5 Å². The molecule has 5 heteroatoms. The standard InChI is InChI=1S/C14H16FNO3/c1-3-19-14(18)10(2)16-13(17)9-6-11-4-7-12(15)8-5-11/h4-10H,3H2,1-2H3,(H,16,17)/b9-6+. The van der Waals surface area contributed by atoms with Crippen LogP contribution >= 0.6 is 0 Å². The van der Waals surface area contributed by atoms with Crippen molar-refractivity contribution in [2.75, 3.05) is 6.61 Å². The van der Waals surface area contributed by atoms with Gasteiger partial charge in [-0.2, -0.15) is 0 Å². The largest absolute Gasteiger partial charge is 0.464 e. The second-order valence-electron chi connectivity index (χ2n) is 3.87. The molecule has 0 bridgehead atoms. The van der Waals surface area contributed by atoms with Crippen LogP contribution in [0.25, 0.3) is 6.08 Å². The van der Waals surface area contributed by atoms with Crippen molar-refractivity contribution in [2.24, 2.45) is 0 Å². The van der Waals surface area contributed by atoms with Gasteiger partial charge in [0.05, 0.1) is 6.61 Å². The summed E-state index contributed by atoms with van der Waals surface area (Å²) in [5, 5.41) is 2.47. The SMILES string of the molecule is CCOC(=O)C(C)NC(=O)/C=C/c1ccc(F)cc1. The average Bonchev–Trinajstić information content (AvgIpc) is 2.38. The number of amides is 1. The molecule has 0 fully saturated rings. The third kappa shape index (κ3) is 5.33. The van der Waals surface area contributed by atoms with Crippen molar-refractivity contribution in [1.29, 1.82) is 0 Å². The molecule has 1 aromatic carbocycles. The maximum absolute atomic E-state index is 12.7. The molecule has 0 saturated carbocycles. The van der Waals surface area contributed by atoms with E-state index >= 15 is 0 Å². The first-order valence-corrected chi connectivity index (χ1v) is 5.93. The van der Waals surface area contributed by atoms with Gasteiger partial charge in [-0.15, -0.1) is 0 Å². The van der Waals surface area contributed by atoms with Crippen molar-refractivity contribution in [3.8, 4) is 0 Å². The molecular formula is C14H16FNO3. The van der Waals surface area contributed by atoms with Gasteiger partial charge in [-0.3, -0.25) is 4.79 Å². The predicted molar refractivity (Wildman–Crippen MR) is 69.7 cm³/mol. The second-order valence-corrected chi connectivity index (χ2v) is 3.87. The van der Waals surface area contributed by atoms with Crippen LogP contribution in [0.1, 0.15) is 19.4 Å². The lowest BCUT2D eigenvalue weighted by Gasteiger charge is -2.10. The fourth-order valence-electron chi connectivity index (χ4n) is 1.33. The van der Waals surface area contributed by atoms with E-state index in [1.807, 2.05) is 0 Å². The maximum Gasteiger partial charge on any atom is 0.328 e. The van der Waals surface area contributed by atoms with Gasteiger partial charge in [0.25, 0.3) is 0 Å². The van der Waals surface area contributed by atoms with Crippen molar-refractivity contribution in [1.82, 2.24) is 5.32 Å². The number of rotatable bonds is 5. The van der Waals surface area contributed by atoms with Gasteiger partial charge in [0, 0.05) is 6.08 Å². The summed E-state index contributed by atoms with van der Waals surface area (Å²) in [5.41, 5.74) is 0.695. The Hall–Kier alpha value is -2.17. The van der Waals surface area contributed by atoms with Gasteiger partial charge in [0.15, 0.2) is 0 Å². The zero-order valence-electron chi connectivity index (χ0n) is 10.9. The van der Waals surface area contributed by atoms with Crippen LogP contribution in [0.3, 0.4) is 0 Å². The minimum absolute atomic E-state index is 0.268. The molecule has 19 heavy (non-hydrogen) atoms. The van der Waals surface area contributed by atoms with Gasteiger partial charge in [-0.25, -0.2) is 9.18 Å². The van der Waals surface area contributed by atoms with E-state index in [1.54, 1.807) is 26.0 Å². The molecule has 0 saturated heterocycles. The van der Waals surface area contributed by atoms with Crippen LogP contribution < -0.4 is 5.32 Å². The highest BCUT2D eigenvalue weighted by Gasteiger charge is 2.14. The Morgan fingerprint density at radius 2 is 2.00 bits per heavy atom. The molecule has 102 valence electrons. The molecule has 1 rings (SSSR count). The first-order valence-electron chi connectivity index (χ1n) is 5.93. The number of ether oxygens (including phenoxy) is 1. The summed E-state index contributed by atoms with van der Waals surface area (Å²) in [6, 6.07) is 5.00. The Morgan fingerprint density at radius 3 is 2.58 bits per heavy atom. The Bertz CT molecular complexity index is 468. The second kappa shape index (κ2) is 7.31. The monoisotopic (exact) mass is 265 g/mol. The molecule has 0 radical (unpaired) electrons. The van der Waals surface area contributed by atoms with Crippen LogP contribution in [0.15, 0.2) is 30.3 Å². The lowest BCUT2D eigenvalue weighted by molar-refractivity contribution is -0.146. The number of esters is 1. The zero-order valence-corrected chi connectivity index (χ0v) is 10.9. The molecule has 1 atom stereocenters. The lowest BCUT2D eigenvalue weighted by atomic mass is 10.2. The van der Waals surface area contributed by atoms with Crippen LogP contribution in [0.5, 0.6) is 0 Å². The topological polar surface area (TPSA) is 55.4 Å². The van der Waals surface area contributed by atoms with E-state index in [9.17, 15) is 14.0 Å². The Labute approximate surface area is 111 Å². The van der Waals surface area contributed by atoms with E-state index in [0.717, 1.165) is 0 Å². The molecule has 0 aliphatic carbocycles. The van der Waals surface area contributed by atoms with E-state index in [-0.39, 0.29) is 12.4 Å². The zero-order chi connectivity index (χ0) is 14.3. The molecule has 1 aromatic rings. The van der Waals surface area contributed by atoms with Gasteiger partial charge < -0.3 is 10.1 Å². The highest BCUT2D eigenvalue weighted by atomic mass is 19.1. The number of carbonyl (C=O) groups excluding carboxylic acids is 2. The quantitative estimate of drug-likeness (QED) is 0.653. The number of nitrogens with one attached hydrogen (secondary N) is 1. The molecule has 1 amide bonds. The van der Waals surface area contributed by atoms with Crippen LogP contribution in [-0.2, 0) is 14.3 Å². The summed E-state index contributed by atoms with van der Waals surface area (Å²) >= 11 is 0. The third-order valence-electron chi connectivity index (χ3n) is 2.30. The van der Waals surface area contributed by atoms with E-state index < -0.39 is 17.9 Å². The number of halogens is 1. The molecule has 0 spiro atoms. The minimum atomic E-state index is -0.703. The Balaban J connectivity index is 2.51. The molecule has 0 aromatic heterocycles. The van der Waals surface area contributed by atoms with Crippen LogP contribution in [0.2, 0.25) is 0 Å². The van der Waals surface area contributed by atoms with Gasteiger partial charge >= 0.3 is 5.97 Å². The molecule has 0 heterocycles. The molecular weight excluding hydrogens is 249 g/mol.